The number of ketones is 1. The minimum atomic E-state index is -0.143. The van der Waals surface area contributed by atoms with Gasteiger partial charge >= 0.3 is 0 Å². The zero-order valence-electron chi connectivity index (χ0n) is 18.6. The van der Waals surface area contributed by atoms with Gasteiger partial charge in [0.2, 0.25) is 0 Å². The van der Waals surface area contributed by atoms with E-state index in [4.69, 9.17) is 9.47 Å². The van der Waals surface area contributed by atoms with E-state index in [1.807, 2.05) is 19.1 Å². The Labute approximate surface area is 184 Å². The molecule has 6 nitrogen and oxygen atoms in total. The zero-order valence-corrected chi connectivity index (χ0v) is 18.6. The third-order valence-electron chi connectivity index (χ3n) is 5.89. The molecule has 0 aliphatic carbocycles. The molecule has 0 aromatic heterocycles. The van der Waals surface area contributed by atoms with E-state index in [0.29, 0.717) is 30.2 Å². The number of nitrogens with one attached hydrogen (secondary N) is 1. The topological polar surface area (TPSA) is 67.9 Å². The van der Waals surface area contributed by atoms with Crippen LogP contribution >= 0.6 is 0 Å². The average molecular weight is 425 g/mol. The summed E-state index contributed by atoms with van der Waals surface area (Å²) in [6.07, 6.45) is 2.65. The van der Waals surface area contributed by atoms with Gasteiger partial charge in [0.05, 0.1) is 7.11 Å². The average Bonchev–Trinajstić information content (AvgIpc) is 2.81. The molecule has 1 heterocycles. The lowest BCUT2D eigenvalue weighted by Gasteiger charge is -2.39. The minimum Gasteiger partial charge on any atom is -0.497 e. The van der Waals surface area contributed by atoms with Gasteiger partial charge < -0.3 is 14.8 Å². The fourth-order valence-electron chi connectivity index (χ4n) is 4.19. The van der Waals surface area contributed by atoms with Crippen LogP contribution in [0.2, 0.25) is 0 Å². The van der Waals surface area contributed by atoms with Crippen LogP contribution in [0.4, 0.5) is 0 Å². The molecule has 3 rings (SSSR count). The van der Waals surface area contributed by atoms with E-state index in [9.17, 15) is 9.59 Å². The molecule has 31 heavy (non-hydrogen) atoms. The monoisotopic (exact) mass is 424 g/mol. The predicted octanol–water partition coefficient (Wildman–Crippen LogP) is 3.87. The standard InChI is InChI=1S/C25H32N2O4/c1-4-23(28)18-7-13-22(14-8-18)31-17-24(29)26-16-20-6-5-15-27(2)25(20)19-9-11-21(30-3)12-10-19/h7-14,20,25H,4-6,15-17H2,1-3H3,(H,26,29). The number of hydrogen-bond donors (Lipinski definition) is 1. The van der Waals surface area contributed by atoms with Gasteiger partial charge in [-0.25, -0.2) is 0 Å². The third kappa shape index (κ3) is 6.07. The summed E-state index contributed by atoms with van der Waals surface area (Å²) in [5, 5.41) is 3.03. The van der Waals surface area contributed by atoms with Crippen molar-refractivity contribution in [3.63, 3.8) is 0 Å². The summed E-state index contributed by atoms with van der Waals surface area (Å²) in [5.74, 6) is 1.70. The number of carbonyl (C=O) groups excluding carboxylic acids is 2. The summed E-state index contributed by atoms with van der Waals surface area (Å²) in [5.41, 5.74) is 1.89. The van der Waals surface area contributed by atoms with Gasteiger partial charge in [-0.3, -0.25) is 14.5 Å². The van der Waals surface area contributed by atoms with E-state index in [2.05, 4.69) is 29.4 Å². The summed E-state index contributed by atoms with van der Waals surface area (Å²) >= 11 is 0. The molecule has 2 aromatic rings. The Kier molecular flexibility index (Phi) is 8.06. The smallest absolute Gasteiger partial charge is 0.257 e. The van der Waals surface area contributed by atoms with Crippen LogP contribution in [0.5, 0.6) is 11.5 Å². The molecular weight excluding hydrogens is 392 g/mol. The van der Waals surface area contributed by atoms with Crippen molar-refractivity contribution >= 4 is 11.7 Å². The molecule has 1 aliphatic heterocycles. The lowest BCUT2D eigenvalue weighted by Crippen LogP contribution is -2.42. The third-order valence-corrected chi connectivity index (χ3v) is 5.89. The van der Waals surface area contributed by atoms with E-state index in [1.54, 1.807) is 31.4 Å². The highest BCUT2D eigenvalue weighted by atomic mass is 16.5. The number of hydrogen-bond acceptors (Lipinski definition) is 5. The van der Waals surface area contributed by atoms with Crippen molar-refractivity contribution in [2.24, 2.45) is 5.92 Å². The second-order valence-corrected chi connectivity index (χ2v) is 7.99. The molecule has 166 valence electrons. The molecule has 1 fully saturated rings. The van der Waals surface area contributed by atoms with E-state index >= 15 is 0 Å². The van der Waals surface area contributed by atoms with Crippen molar-refractivity contribution in [2.45, 2.75) is 32.2 Å². The van der Waals surface area contributed by atoms with Gasteiger partial charge in [-0.2, -0.15) is 0 Å². The lowest BCUT2D eigenvalue weighted by atomic mass is 9.85. The SMILES string of the molecule is CCC(=O)c1ccc(OCC(=O)NCC2CCCN(C)C2c2ccc(OC)cc2)cc1. The molecule has 0 saturated carbocycles. The Morgan fingerprint density at radius 2 is 1.74 bits per heavy atom. The molecular formula is C25H32N2O4. The van der Waals surface area contributed by atoms with Crippen LogP contribution in [-0.2, 0) is 4.79 Å². The van der Waals surface area contributed by atoms with Gasteiger partial charge in [0.25, 0.3) is 5.91 Å². The maximum atomic E-state index is 12.4. The van der Waals surface area contributed by atoms with Gasteiger partial charge in [-0.05, 0) is 74.3 Å². The van der Waals surface area contributed by atoms with E-state index in [1.165, 1.54) is 5.56 Å². The quantitative estimate of drug-likeness (QED) is 0.619. The number of rotatable bonds is 9. The number of methoxy groups -OCH3 is 1. The summed E-state index contributed by atoms with van der Waals surface area (Å²) in [6.45, 7) is 3.44. The number of benzene rings is 2. The molecule has 1 saturated heterocycles. The van der Waals surface area contributed by atoms with Crippen LogP contribution in [0.3, 0.4) is 0 Å². The Balaban J connectivity index is 1.53. The van der Waals surface area contributed by atoms with Crippen LogP contribution in [0.25, 0.3) is 0 Å². The Hall–Kier alpha value is -2.86. The Morgan fingerprint density at radius 1 is 1.06 bits per heavy atom. The summed E-state index contributed by atoms with van der Waals surface area (Å²) in [4.78, 5) is 26.4. The summed E-state index contributed by atoms with van der Waals surface area (Å²) < 4.78 is 10.9. The largest absolute Gasteiger partial charge is 0.497 e. The summed E-state index contributed by atoms with van der Waals surface area (Å²) in [7, 11) is 3.81. The van der Waals surface area contributed by atoms with E-state index in [-0.39, 0.29) is 24.3 Å². The van der Waals surface area contributed by atoms with Gasteiger partial charge in [0.15, 0.2) is 12.4 Å². The number of nitrogens with zero attached hydrogens (tertiary/aromatic N) is 1. The van der Waals surface area contributed by atoms with E-state index < -0.39 is 0 Å². The first-order chi connectivity index (χ1) is 15.0. The number of Topliss-reactive ketones (excluding diaryl/α,β-unsaturated/α-hetero) is 1. The van der Waals surface area contributed by atoms with Gasteiger partial charge in [-0.1, -0.05) is 19.1 Å². The fraction of sp³-hybridized carbons (Fsp3) is 0.440. The minimum absolute atomic E-state index is 0.0448. The van der Waals surface area contributed by atoms with E-state index in [0.717, 1.165) is 25.1 Å². The fourth-order valence-corrected chi connectivity index (χ4v) is 4.19. The predicted molar refractivity (Wildman–Crippen MR) is 121 cm³/mol. The number of ether oxygens (including phenoxy) is 2. The molecule has 2 aromatic carbocycles. The van der Waals surface area contributed by atoms with Gasteiger partial charge in [0.1, 0.15) is 11.5 Å². The molecule has 0 radical (unpaired) electrons. The molecule has 0 bridgehead atoms. The molecule has 6 heteroatoms. The maximum Gasteiger partial charge on any atom is 0.257 e. The van der Waals surface area contributed by atoms with Crippen molar-refractivity contribution in [2.75, 3.05) is 33.9 Å². The van der Waals surface area contributed by atoms with Crippen LogP contribution in [0.15, 0.2) is 48.5 Å². The normalized spacial score (nSPS) is 18.9. The van der Waals surface area contributed by atoms with Crippen LogP contribution in [0, 0.1) is 5.92 Å². The zero-order chi connectivity index (χ0) is 22.2. The Bertz CT molecular complexity index is 864. The molecule has 1 N–H and O–H groups in total. The first-order valence-electron chi connectivity index (χ1n) is 10.9. The lowest BCUT2D eigenvalue weighted by molar-refractivity contribution is -0.123. The number of amides is 1. The van der Waals surface area contributed by atoms with Gasteiger partial charge in [0, 0.05) is 24.6 Å². The second-order valence-electron chi connectivity index (χ2n) is 7.99. The van der Waals surface area contributed by atoms with Crippen LogP contribution in [-0.4, -0.2) is 50.4 Å². The highest BCUT2D eigenvalue weighted by Crippen LogP contribution is 2.35. The molecule has 0 spiro atoms. The number of piperidine rings is 1. The second kappa shape index (κ2) is 11.0. The maximum absolute atomic E-state index is 12.4. The van der Waals surface area contributed by atoms with Crippen molar-refractivity contribution < 1.29 is 19.1 Å². The Morgan fingerprint density at radius 3 is 2.39 bits per heavy atom. The number of carbonyl (C=O) groups is 2. The van der Waals surface area contributed by atoms with Gasteiger partial charge in [-0.15, -0.1) is 0 Å². The molecule has 2 atom stereocenters. The molecule has 1 amide bonds. The highest BCUT2D eigenvalue weighted by Gasteiger charge is 2.30. The van der Waals surface area contributed by atoms with Crippen molar-refractivity contribution in [3.05, 3.63) is 59.7 Å². The van der Waals surface area contributed by atoms with Crippen molar-refractivity contribution in [1.82, 2.24) is 10.2 Å². The summed E-state index contributed by atoms with van der Waals surface area (Å²) in [6, 6.07) is 15.4. The van der Waals surface area contributed by atoms with Crippen LogP contribution in [0.1, 0.15) is 48.1 Å². The highest BCUT2D eigenvalue weighted by molar-refractivity contribution is 5.95. The first-order valence-corrected chi connectivity index (χ1v) is 10.9. The molecule has 1 aliphatic rings. The van der Waals surface area contributed by atoms with Crippen LogP contribution < -0.4 is 14.8 Å². The molecule has 2 unspecified atom stereocenters. The van der Waals surface area contributed by atoms with Crippen molar-refractivity contribution in [1.29, 1.82) is 0 Å². The number of likely N-dealkylation sites (tertiary alicyclic amines) is 1. The van der Waals surface area contributed by atoms with Crippen molar-refractivity contribution in [3.8, 4) is 11.5 Å². The first kappa shape index (κ1) is 22.8.